The maximum atomic E-state index is 10.9. The van der Waals surface area contributed by atoms with Crippen LogP contribution < -0.4 is 0 Å². The van der Waals surface area contributed by atoms with Gasteiger partial charge < -0.3 is 5.11 Å². The monoisotopic (exact) mass is 440 g/mol. The fourth-order valence-corrected chi connectivity index (χ4v) is 11.3. The molecule has 1 nitrogen and oxygen atoms in total. The van der Waals surface area contributed by atoms with Crippen molar-refractivity contribution in [3.05, 3.63) is 12.2 Å². The zero-order valence-corrected chi connectivity index (χ0v) is 22.4. The lowest BCUT2D eigenvalue weighted by molar-refractivity contribution is -0.161. The SMILES string of the molecule is C=C(C)[C@@H](C)CC[C@H](C)[C@H]1CC[C@@]2(C)[C@@H]3CC[C@H]4C(C)(C)[C@@H](O)CC[C@@]45C[C@@]35CC[C@]12C. The number of fused-ring (bicyclic) bond motifs is 2. The van der Waals surface area contributed by atoms with E-state index in [4.69, 9.17) is 0 Å². The summed E-state index contributed by atoms with van der Waals surface area (Å²) in [5.41, 5.74) is 3.71. The van der Waals surface area contributed by atoms with E-state index in [1.165, 1.54) is 69.8 Å². The zero-order valence-electron chi connectivity index (χ0n) is 22.4. The van der Waals surface area contributed by atoms with E-state index in [9.17, 15) is 5.11 Å². The number of aliphatic hydroxyl groups excluding tert-OH is 1. The highest BCUT2D eigenvalue weighted by atomic mass is 16.3. The molecule has 2 spiro atoms. The number of hydrogen-bond donors (Lipinski definition) is 1. The summed E-state index contributed by atoms with van der Waals surface area (Å²) in [6.07, 6.45) is 15.1. The zero-order chi connectivity index (χ0) is 23.3. The molecule has 0 heterocycles. The van der Waals surface area contributed by atoms with Crippen LogP contribution in [-0.2, 0) is 0 Å². The molecule has 5 aliphatic rings. The van der Waals surface area contributed by atoms with Crippen LogP contribution in [0.4, 0.5) is 0 Å². The predicted molar refractivity (Wildman–Crippen MR) is 135 cm³/mol. The summed E-state index contributed by atoms with van der Waals surface area (Å²) in [7, 11) is 0. The number of hydrogen-bond acceptors (Lipinski definition) is 1. The maximum absolute atomic E-state index is 10.9. The molecule has 5 rings (SSSR count). The molecule has 1 heteroatoms. The third kappa shape index (κ3) is 2.73. The molecule has 5 aliphatic carbocycles. The van der Waals surface area contributed by atoms with Gasteiger partial charge in [-0.25, -0.2) is 0 Å². The van der Waals surface area contributed by atoms with E-state index in [0.29, 0.717) is 27.6 Å². The molecule has 0 unspecified atom stereocenters. The largest absolute Gasteiger partial charge is 0.393 e. The molecular formula is C31H52O. The Hall–Kier alpha value is -0.300. The second-order valence-corrected chi connectivity index (χ2v) is 14.8. The summed E-state index contributed by atoms with van der Waals surface area (Å²) >= 11 is 0. The van der Waals surface area contributed by atoms with Crippen LogP contribution in [0.5, 0.6) is 0 Å². The average Bonchev–Trinajstić information content (AvgIpc) is 3.31. The van der Waals surface area contributed by atoms with Gasteiger partial charge in [0.15, 0.2) is 0 Å². The van der Waals surface area contributed by atoms with Gasteiger partial charge in [0.05, 0.1) is 6.10 Å². The molecule has 1 N–H and O–H groups in total. The molecule has 0 saturated heterocycles. The third-order valence-corrected chi connectivity index (χ3v) is 13.7. The predicted octanol–water partition coefficient (Wildman–Crippen LogP) is 8.41. The first kappa shape index (κ1) is 23.4. The Labute approximate surface area is 199 Å². The lowest BCUT2D eigenvalue weighted by atomic mass is 9.41. The lowest BCUT2D eigenvalue weighted by Gasteiger charge is -2.63. The molecular weight excluding hydrogens is 388 g/mol. The summed E-state index contributed by atoms with van der Waals surface area (Å²) in [4.78, 5) is 0. The fraction of sp³-hybridized carbons (Fsp3) is 0.935. The van der Waals surface area contributed by atoms with Crippen molar-refractivity contribution in [2.45, 2.75) is 125 Å². The van der Waals surface area contributed by atoms with Crippen molar-refractivity contribution in [3.63, 3.8) is 0 Å². The van der Waals surface area contributed by atoms with E-state index in [0.717, 1.165) is 30.1 Å². The van der Waals surface area contributed by atoms with E-state index in [-0.39, 0.29) is 11.5 Å². The van der Waals surface area contributed by atoms with Crippen LogP contribution in [-0.4, -0.2) is 11.2 Å². The van der Waals surface area contributed by atoms with Crippen molar-refractivity contribution in [2.24, 2.45) is 56.7 Å². The van der Waals surface area contributed by atoms with Crippen LogP contribution in [0.15, 0.2) is 12.2 Å². The summed E-state index contributed by atoms with van der Waals surface area (Å²) in [6, 6.07) is 0. The molecule has 10 atom stereocenters. The number of allylic oxidation sites excluding steroid dienone is 1. The van der Waals surface area contributed by atoms with Crippen LogP contribution in [0, 0.1) is 56.7 Å². The fourth-order valence-electron chi connectivity index (χ4n) is 11.3. The van der Waals surface area contributed by atoms with Gasteiger partial charge in [-0.2, -0.15) is 0 Å². The highest BCUT2D eigenvalue weighted by Crippen LogP contribution is 2.89. The van der Waals surface area contributed by atoms with Crippen molar-refractivity contribution in [2.75, 3.05) is 0 Å². The molecule has 32 heavy (non-hydrogen) atoms. The molecule has 5 fully saturated rings. The standard InChI is InChI=1S/C31H52O/c1-20(2)21(3)9-10-22(4)23-13-15-29(8)25-12-11-24-27(5,6)26(32)14-16-30(24)19-31(25,30)18-17-28(23,29)7/h21-26,32H,1,9-19H2,2-8H3/t21-,22-,23+,24-,25-,26-,28+,29-,30+,31-/m0/s1. The van der Waals surface area contributed by atoms with Gasteiger partial charge in [-0.1, -0.05) is 53.7 Å². The van der Waals surface area contributed by atoms with Crippen LogP contribution >= 0.6 is 0 Å². The van der Waals surface area contributed by atoms with Crippen LogP contribution in [0.25, 0.3) is 0 Å². The normalized spacial score (nSPS) is 52.8. The van der Waals surface area contributed by atoms with E-state index >= 15 is 0 Å². The average molecular weight is 441 g/mol. The van der Waals surface area contributed by atoms with Gasteiger partial charge in [-0.15, -0.1) is 0 Å². The van der Waals surface area contributed by atoms with Crippen LogP contribution in [0.3, 0.4) is 0 Å². The quantitative estimate of drug-likeness (QED) is 0.425. The minimum absolute atomic E-state index is 0.0879. The summed E-state index contributed by atoms with van der Waals surface area (Å²) in [5, 5.41) is 10.9. The van der Waals surface area contributed by atoms with Gasteiger partial charge in [0, 0.05) is 0 Å². The number of aliphatic hydroxyl groups is 1. The van der Waals surface area contributed by atoms with Crippen LogP contribution in [0.1, 0.15) is 119 Å². The molecule has 0 amide bonds. The second kappa shape index (κ2) is 7.11. The summed E-state index contributed by atoms with van der Waals surface area (Å²) in [6.45, 7) is 21.6. The van der Waals surface area contributed by atoms with Crippen molar-refractivity contribution in [1.29, 1.82) is 0 Å². The minimum atomic E-state index is -0.0879. The highest BCUT2D eigenvalue weighted by Gasteiger charge is 2.82. The Morgan fingerprint density at radius 1 is 0.844 bits per heavy atom. The van der Waals surface area contributed by atoms with E-state index in [2.05, 4.69) is 55.0 Å². The highest BCUT2D eigenvalue weighted by molar-refractivity contribution is 5.30. The Kier molecular flexibility index (Phi) is 5.21. The Morgan fingerprint density at radius 3 is 2.19 bits per heavy atom. The smallest absolute Gasteiger partial charge is 0.0594 e. The van der Waals surface area contributed by atoms with Gasteiger partial charge >= 0.3 is 0 Å². The number of rotatable bonds is 5. The first-order valence-electron chi connectivity index (χ1n) is 14.2. The molecule has 0 bridgehead atoms. The van der Waals surface area contributed by atoms with Gasteiger partial charge in [-0.3, -0.25) is 0 Å². The molecule has 0 radical (unpaired) electrons. The van der Waals surface area contributed by atoms with Gasteiger partial charge in [0.25, 0.3) is 0 Å². The first-order chi connectivity index (χ1) is 14.9. The van der Waals surface area contributed by atoms with Crippen molar-refractivity contribution >= 4 is 0 Å². The van der Waals surface area contributed by atoms with E-state index in [1.807, 2.05) is 0 Å². The molecule has 0 aliphatic heterocycles. The Bertz CT molecular complexity index is 781. The Morgan fingerprint density at radius 2 is 1.50 bits per heavy atom. The van der Waals surface area contributed by atoms with Crippen LogP contribution in [0.2, 0.25) is 0 Å². The minimum Gasteiger partial charge on any atom is -0.393 e. The van der Waals surface area contributed by atoms with Crippen molar-refractivity contribution in [1.82, 2.24) is 0 Å². The topological polar surface area (TPSA) is 20.2 Å². The molecule has 0 aromatic heterocycles. The van der Waals surface area contributed by atoms with E-state index in [1.54, 1.807) is 0 Å². The molecule has 0 aromatic carbocycles. The molecule has 5 saturated carbocycles. The van der Waals surface area contributed by atoms with Gasteiger partial charge in [0.1, 0.15) is 0 Å². The van der Waals surface area contributed by atoms with Crippen molar-refractivity contribution in [3.8, 4) is 0 Å². The lowest BCUT2D eigenvalue weighted by Crippen LogP contribution is -2.57. The maximum Gasteiger partial charge on any atom is 0.0594 e. The molecule has 0 aromatic rings. The molecule has 182 valence electrons. The third-order valence-electron chi connectivity index (χ3n) is 13.7. The summed E-state index contributed by atoms with van der Waals surface area (Å²) in [5.74, 6) is 4.09. The van der Waals surface area contributed by atoms with Crippen molar-refractivity contribution < 1.29 is 5.11 Å². The second-order valence-electron chi connectivity index (χ2n) is 14.8. The van der Waals surface area contributed by atoms with E-state index < -0.39 is 0 Å². The first-order valence-corrected chi connectivity index (χ1v) is 14.2. The van der Waals surface area contributed by atoms with Gasteiger partial charge in [0.2, 0.25) is 0 Å². The Balaban J connectivity index is 1.39. The summed E-state index contributed by atoms with van der Waals surface area (Å²) < 4.78 is 0. The van der Waals surface area contributed by atoms with Gasteiger partial charge in [-0.05, 0) is 134 Å².